The van der Waals surface area contributed by atoms with E-state index in [4.69, 9.17) is 4.74 Å². The van der Waals surface area contributed by atoms with Crippen molar-refractivity contribution in [3.63, 3.8) is 0 Å². The van der Waals surface area contributed by atoms with Crippen LogP contribution < -0.4 is 20.7 Å². The highest BCUT2D eigenvalue weighted by Crippen LogP contribution is 2.38. The average molecular weight is 443 g/mol. The quantitative estimate of drug-likeness (QED) is 0.552. The highest BCUT2D eigenvalue weighted by Gasteiger charge is 2.37. The van der Waals surface area contributed by atoms with Crippen LogP contribution in [-0.2, 0) is 19.1 Å². The van der Waals surface area contributed by atoms with Crippen molar-refractivity contribution in [3.05, 3.63) is 70.9 Å². The maximum Gasteiger partial charge on any atom is 0.423 e. The van der Waals surface area contributed by atoms with Gasteiger partial charge < -0.3 is 20.7 Å². The predicted molar refractivity (Wildman–Crippen MR) is 112 cm³/mol. The van der Waals surface area contributed by atoms with Gasteiger partial charge in [-0.25, -0.2) is 4.98 Å². The minimum Gasteiger partial charge on any atom is -0.437 e. The second kappa shape index (κ2) is 8.83. The number of carbonyl (C=O) groups is 1. The van der Waals surface area contributed by atoms with Gasteiger partial charge in [0, 0.05) is 25.5 Å². The van der Waals surface area contributed by atoms with Gasteiger partial charge in [0.25, 0.3) is 5.91 Å². The maximum atomic E-state index is 13.6. The first kappa shape index (κ1) is 21.6. The Morgan fingerprint density at radius 2 is 1.97 bits per heavy atom. The van der Waals surface area contributed by atoms with E-state index in [0.717, 1.165) is 25.1 Å². The number of anilines is 2. The molecule has 0 spiro atoms. The summed E-state index contributed by atoms with van der Waals surface area (Å²) in [4.78, 5) is 19.8. The van der Waals surface area contributed by atoms with Crippen LogP contribution in [0, 0.1) is 0 Å². The van der Waals surface area contributed by atoms with Gasteiger partial charge in [-0.05, 0) is 48.4 Å². The molecule has 1 aromatic heterocycles. The molecule has 1 aliphatic rings. The number of hydrogen-bond acceptors (Lipinski definition) is 6. The Kier molecular flexibility index (Phi) is 5.95. The highest BCUT2D eigenvalue weighted by molar-refractivity contribution is 5.96. The topological polar surface area (TPSA) is 88.2 Å². The lowest BCUT2D eigenvalue weighted by Crippen LogP contribution is -2.23. The summed E-state index contributed by atoms with van der Waals surface area (Å²) >= 11 is 0. The lowest BCUT2D eigenvalue weighted by molar-refractivity contribution is -0.139. The van der Waals surface area contributed by atoms with E-state index in [0.29, 0.717) is 11.9 Å². The molecule has 3 N–H and O–H groups in total. The van der Waals surface area contributed by atoms with Crippen LogP contribution in [0.15, 0.2) is 48.7 Å². The van der Waals surface area contributed by atoms with Crippen LogP contribution in [0.2, 0.25) is 0 Å². The molecule has 32 heavy (non-hydrogen) atoms. The van der Waals surface area contributed by atoms with E-state index in [2.05, 4.69) is 25.9 Å². The van der Waals surface area contributed by atoms with Gasteiger partial charge in [-0.2, -0.15) is 18.2 Å². The van der Waals surface area contributed by atoms with Gasteiger partial charge in [0.05, 0.1) is 5.56 Å². The number of alkyl halides is 3. The maximum absolute atomic E-state index is 13.6. The number of para-hydroxylation sites is 1. The zero-order chi connectivity index (χ0) is 22.7. The van der Waals surface area contributed by atoms with Gasteiger partial charge in [-0.3, -0.25) is 4.79 Å². The number of nitrogens with zero attached hydrogens (tertiary/aromatic N) is 2. The molecule has 0 aliphatic carbocycles. The Labute approximate surface area is 182 Å². The molecular formula is C22H20F3N5O2. The lowest BCUT2D eigenvalue weighted by Gasteiger charge is -2.18. The predicted octanol–water partition coefficient (Wildman–Crippen LogP) is 4.04. The van der Waals surface area contributed by atoms with Crippen molar-refractivity contribution < 1.29 is 22.7 Å². The zero-order valence-corrected chi connectivity index (χ0v) is 17.1. The first-order chi connectivity index (χ1) is 15.3. The van der Waals surface area contributed by atoms with Crippen LogP contribution in [0.3, 0.4) is 0 Å². The third-order valence-corrected chi connectivity index (χ3v) is 4.97. The van der Waals surface area contributed by atoms with Crippen LogP contribution in [0.4, 0.5) is 24.8 Å². The van der Waals surface area contributed by atoms with Gasteiger partial charge >= 0.3 is 6.18 Å². The van der Waals surface area contributed by atoms with Crippen LogP contribution in [0.25, 0.3) is 0 Å². The number of ether oxygens (including phenoxy) is 1. The van der Waals surface area contributed by atoms with E-state index in [1.54, 1.807) is 12.1 Å². The van der Waals surface area contributed by atoms with Crippen LogP contribution in [0.5, 0.6) is 11.6 Å². The number of benzene rings is 2. The molecule has 10 heteroatoms. The SMILES string of the molecule is CNC(=O)c1ccccc1Oc1nc(Nc2ccc3c(c2)CCNC3)ncc1C(F)(F)F. The fourth-order valence-corrected chi connectivity index (χ4v) is 3.36. The molecule has 0 unspecified atom stereocenters. The Morgan fingerprint density at radius 3 is 2.75 bits per heavy atom. The molecule has 0 atom stereocenters. The van der Waals surface area contributed by atoms with Gasteiger partial charge in [0.1, 0.15) is 11.3 Å². The third-order valence-electron chi connectivity index (χ3n) is 4.97. The number of hydrogen-bond donors (Lipinski definition) is 3. The first-order valence-electron chi connectivity index (χ1n) is 9.88. The largest absolute Gasteiger partial charge is 0.437 e. The molecule has 166 valence electrons. The molecule has 3 aromatic rings. The molecule has 1 aliphatic heterocycles. The summed E-state index contributed by atoms with van der Waals surface area (Å²) in [7, 11) is 1.42. The van der Waals surface area contributed by atoms with Crippen LogP contribution >= 0.6 is 0 Å². The van der Waals surface area contributed by atoms with Crippen molar-refractivity contribution in [1.82, 2.24) is 20.6 Å². The minimum atomic E-state index is -4.74. The van der Waals surface area contributed by atoms with Gasteiger partial charge in [0.15, 0.2) is 0 Å². The summed E-state index contributed by atoms with van der Waals surface area (Å²) in [5, 5.41) is 8.65. The van der Waals surface area contributed by atoms with Crippen molar-refractivity contribution in [2.45, 2.75) is 19.1 Å². The van der Waals surface area contributed by atoms with E-state index < -0.39 is 23.5 Å². The van der Waals surface area contributed by atoms with Crippen LogP contribution in [0.1, 0.15) is 27.0 Å². The van der Waals surface area contributed by atoms with Gasteiger partial charge in [0.2, 0.25) is 11.8 Å². The summed E-state index contributed by atoms with van der Waals surface area (Å²) in [5.41, 5.74) is 1.91. The fourth-order valence-electron chi connectivity index (χ4n) is 3.36. The molecule has 2 aromatic carbocycles. The molecule has 0 bridgehead atoms. The van der Waals surface area contributed by atoms with E-state index in [9.17, 15) is 18.0 Å². The molecule has 7 nitrogen and oxygen atoms in total. The molecule has 0 saturated carbocycles. The Morgan fingerprint density at radius 1 is 1.16 bits per heavy atom. The summed E-state index contributed by atoms with van der Waals surface area (Å²) in [6.45, 7) is 1.63. The summed E-state index contributed by atoms with van der Waals surface area (Å²) < 4.78 is 46.2. The normalized spacial score (nSPS) is 13.2. The van der Waals surface area contributed by atoms with Crippen molar-refractivity contribution in [3.8, 4) is 11.6 Å². The molecule has 0 saturated heterocycles. The third kappa shape index (κ3) is 4.65. The summed E-state index contributed by atoms with van der Waals surface area (Å²) in [6, 6.07) is 11.7. The standard InChI is InChI=1S/C22H20F3N5O2/c1-26-19(31)16-4-2-3-5-18(16)32-20-17(22(23,24)25)12-28-21(30-20)29-15-7-6-14-11-27-9-8-13(14)10-15/h2-7,10,12,27H,8-9,11H2,1H3,(H,26,31)(H,28,29,30). The highest BCUT2D eigenvalue weighted by atomic mass is 19.4. The number of carbonyl (C=O) groups excluding carboxylic acids is 1. The average Bonchev–Trinajstić information content (AvgIpc) is 2.78. The summed E-state index contributed by atoms with van der Waals surface area (Å²) in [6.07, 6.45) is -3.23. The van der Waals surface area contributed by atoms with E-state index in [-0.39, 0.29) is 17.3 Å². The monoisotopic (exact) mass is 443 g/mol. The number of rotatable bonds is 5. The van der Waals surface area contributed by atoms with Crippen molar-refractivity contribution in [2.75, 3.05) is 18.9 Å². The minimum absolute atomic E-state index is 0.0525. The molecular weight excluding hydrogens is 423 g/mol. The van der Waals surface area contributed by atoms with Gasteiger partial charge in [-0.1, -0.05) is 18.2 Å². The molecule has 0 fully saturated rings. The van der Waals surface area contributed by atoms with E-state index >= 15 is 0 Å². The number of aromatic nitrogens is 2. The van der Waals surface area contributed by atoms with Crippen molar-refractivity contribution in [2.24, 2.45) is 0 Å². The lowest BCUT2D eigenvalue weighted by atomic mass is 10.0. The second-order valence-electron chi connectivity index (χ2n) is 7.12. The first-order valence-corrected chi connectivity index (χ1v) is 9.88. The van der Waals surface area contributed by atoms with Gasteiger partial charge in [-0.15, -0.1) is 0 Å². The summed E-state index contributed by atoms with van der Waals surface area (Å²) in [5.74, 6) is -1.30. The van der Waals surface area contributed by atoms with Crippen molar-refractivity contribution >= 4 is 17.5 Å². The smallest absolute Gasteiger partial charge is 0.423 e. The number of fused-ring (bicyclic) bond motifs is 1. The number of nitrogens with one attached hydrogen (secondary N) is 3. The fraction of sp³-hybridized carbons (Fsp3) is 0.227. The van der Waals surface area contributed by atoms with E-state index in [1.165, 1.54) is 24.7 Å². The Hall–Kier alpha value is -3.66. The number of halogens is 3. The Balaban J connectivity index is 1.67. The molecule has 1 amide bonds. The van der Waals surface area contributed by atoms with Crippen molar-refractivity contribution in [1.29, 1.82) is 0 Å². The molecule has 4 rings (SSSR count). The zero-order valence-electron chi connectivity index (χ0n) is 17.1. The Bertz CT molecular complexity index is 1150. The van der Waals surface area contributed by atoms with Crippen LogP contribution in [-0.4, -0.2) is 29.5 Å². The molecule has 2 heterocycles. The second-order valence-corrected chi connectivity index (χ2v) is 7.12. The molecule has 0 radical (unpaired) electrons. The number of amides is 1. The van der Waals surface area contributed by atoms with E-state index in [1.807, 2.05) is 18.2 Å².